The number of hydrogen-bond donors (Lipinski definition) is 3. The molecule has 3 N–H and O–H groups in total. The Bertz CT molecular complexity index is 846. The number of benzene rings is 1. The van der Waals surface area contributed by atoms with Crippen LogP contribution in [0.15, 0.2) is 18.2 Å². The fraction of sp³-hybridized carbons (Fsp3) is 0.389. The molecule has 0 aliphatic carbocycles. The number of hydrogen-bond acceptors (Lipinski definition) is 5. The Kier molecular flexibility index (Phi) is 6.37. The number of carbonyl (C=O) groups is 2. The number of carboxylic acids is 1. The van der Waals surface area contributed by atoms with Crippen LogP contribution in [0.2, 0.25) is 0 Å². The van der Waals surface area contributed by atoms with E-state index in [-0.39, 0.29) is 34.0 Å². The van der Waals surface area contributed by atoms with Gasteiger partial charge in [0.1, 0.15) is 17.4 Å². The molecule has 0 spiro atoms. The molecule has 146 valence electrons. The summed E-state index contributed by atoms with van der Waals surface area (Å²) in [5.74, 6) is -1.91. The van der Waals surface area contributed by atoms with Gasteiger partial charge in [0.2, 0.25) is 5.88 Å². The monoisotopic (exact) mass is 395 g/mol. The van der Waals surface area contributed by atoms with E-state index in [0.29, 0.717) is 6.54 Å². The van der Waals surface area contributed by atoms with Gasteiger partial charge in [0.05, 0.1) is 0 Å². The van der Waals surface area contributed by atoms with Gasteiger partial charge < -0.3 is 15.2 Å². The fourth-order valence-electron chi connectivity index (χ4n) is 2.06. The zero-order valence-corrected chi connectivity index (χ0v) is 16.4. The first-order chi connectivity index (χ1) is 12.6. The summed E-state index contributed by atoms with van der Waals surface area (Å²) in [6.45, 7) is 7.87. The second kappa shape index (κ2) is 8.34. The first kappa shape index (κ1) is 20.6. The maximum Gasteiger partial charge on any atom is 0.344 e. The Morgan fingerprint density at radius 3 is 2.63 bits per heavy atom. The number of rotatable bonds is 6. The van der Waals surface area contributed by atoms with Gasteiger partial charge in [0.15, 0.2) is 5.56 Å². The van der Waals surface area contributed by atoms with Crippen molar-refractivity contribution in [2.24, 2.45) is 5.41 Å². The summed E-state index contributed by atoms with van der Waals surface area (Å²) in [6.07, 6.45) is 0. The lowest BCUT2D eigenvalue weighted by molar-refractivity contribution is 0.0693. The number of carboxylic acid groups (broad SMARTS) is 1. The van der Waals surface area contributed by atoms with Crippen LogP contribution < -0.4 is 15.4 Å². The lowest BCUT2D eigenvalue weighted by atomic mass is 9.97. The first-order valence-corrected chi connectivity index (χ1v) is 9.00. The van der Waals surface area contributed by atoms with Crippen LogP contribution in [0.25, 0.3) is 0 Å². The van der Waals surface area contributed by atoms with Crippen LogP contribution in [0, 0.1) is 18.2 Å². The highest BCUT2D eigenvalue weighted by atomic mass is 32.1. The van der Waals surface area contributed by atoms with Gasteiger partial charge in [-0.05, 0) is 35.5 Å². The van der Waals surface area contributed by atoms with E-state index in [2.05, 4.69) is 15.0 Å². The number of aryl methyl sites for hydroxylation is 1. The molecule has 0 unspecified atom stereocenters. The van der Waals surface area contributed by atoms with Crippen LogP contribution in [0.5, 0.6) is 5.88 Å². The van der Waals surface area contributed by atoms with Gasteiger partial charge in [0, 0.05) is 12.1 Å². The average molecular weight is 395 g/mol. The second-order valence-corrected chi connectivity index (χ2v) is 8.02. The van der Waals surface area contributed by atoms with E-state index in [1.807, 2.05) is 20.8 Å². The van der Waals surface area contributed by atoms with E-state index in [9.17, 15) is 19.1 Å². The number of amides is 2. The molecule has 0 saturated carbocycles. The van der Waals surface area contributed by atoms with E-state index in [1.54, 1.807) is 19.1 Å². The molecule has 0 fully saturated rings. The lowest BCUT2D eigenvalue weighted by Gasteiger charge is -2.18. The highest BCUT2D eigenvalue weighted by Gasteiger charge is 2.24. The Morgan fingerprint density at radius 1 is 1.33 bits per heavy atom. The number of aromatic nitrogens is 1. The minimum atomic E-state index is -1.30. The molecular formula is C18H22FN3O4S. The topological polar surface area (TPSA) is 101 Å². The molecule has 1 aromatic heterocycles. The standard InChI is InChI=1S/C18H22FN3O4S/c1-10-5-6-11(12(19)7-10)8-26-14-13(16(23)24)15(27-22-14)21-17(25)20-9-18(2,3)4/h5-7H,8-9H2,1-4H3,(H,23,24)(H2,20,21,25). The lowest BCUT2D eigenvalue weighted by Crippen LogP contribution is -2.35. The van der Waals surface area contributed by atoms with E-state index >= 15 is 0 Å². The highest BCUT2D eigenvalue weighted by Crippen LogP contribution is 2.31. The van der Waals surface area contributed by atoms with Crippen molar-refractivity contribution in [3.63, 3.8) is 0 Å². The minimum absolute atomic E-state index is 0.0493. The summed E-state index contributed by atoms with van der Waals surface area (Å²) in [7, 11) is 0. The Balaban J connectivity index is 2.10. The number of aromatic carboxylic acids is 1. The third kappa shape index (κ3) is 5.92. The maximum absolute atomic E-state index is 13.9. The van der Waals surface area contributed by atoms with Crippen LogP contribution in [0.4, 0.5) is 14.2 Å². The zero-order valence-electron chi connectivity index (χ0n) is 15.6. The predicted octanol–water partition coefficient (Wildman–Crippen LogP) is 4.04. The van der Waals surface area contributed by atoms with E-state index < -0.39 is 17.8 Å². The van der Waals surface area contributed by atoms with Crippen LogP contribution in [0.1, 0.15) is 42.3 Å². The van der Waals surface area contributed by atoms with Crippen molar-refractivity contribution in [1.82, 2.24) is 9.69 Å². The molecule has 0 aliphatic rings. The summed E-state index contributed by atoms with van der Waals surface area (Å²) in [6, 6.07) is 4.13. The summed E-state index contributed by atoms with van der Waals surface area (Å²) in [5, 5.41) is 14.6. The van der Waals surface area contributed by atoms with Crippen molar-refractivity contribution in [3.05, 3.63) is 40.7 Å². The maximum atomic E-state index is 13.9. The zero-order chi connectivity index (χ0) is 20.2. The molecule has 0 aliphatic heterocycles. The molecule has 0 saturated heterocycles. The molecule has 0 bridgehead atoms. The third-order valence-electron chi connectivity index (χ3n) is 3.45. The third-order valence-corrected chi connectivity index (χ3v) is 4.20. The van der Waals surface area contributed by atoms with E-state index in [0.717, 1.165) is 17.1 Å². The predicted molar refractivity (Wildman–Crippen MR) is 101 cm³/mol. The normalized spacial score (nSPS) is 11.1. The molecule has 1 aromatic carbocycles. The van der Waals surface area contributed by atoms with Gasteiger partial charge in [-0.2, -0.15) is 4.37 Å². The van der Waals surface area contributed by atoms with Gasteiger partial charge >= 0.3 is 12.0 Å². The summed E-state index contributed by atoms with van der Waals surface area (Å²) >= 11 is 0.786. The summed E-state index contributed by atoms with van der Waals surface area (Å²) in [4.78, 5) is 23.5. The molecule has 1 heterocycles. The number of carbonyl (C=O) groups excluding carboxylic acids is 1. The minimum Gasteiger partial charge on any atom is -0.477 e. The molecule has 2 amide bonds. The number of nitrogens with one attached hydrogen (secondary N) is 2. The second-order valence-electron chi connectivity index (χ2n) is 7.25. The summed E-state index contributed by atoms with van der Waals surface area (Å²) < 4.78 is 23.2. The molecule has 2 rings (SSSR count). The Hall–Kier alpha value is -2.68. The van der Waals surface area contributed by atoms with Gasteiger partial charge in [-0.25, -0.2) is 14.0 Å². The van der Waals surface area contributed by atoms with Crippen molar-refractivity contribution in [3.8, 4) is 5.88 Å². The van der Waals surface area contributed by atoms with E-state index in [1.165, 1.54) is 6.07 Å². The highest BCUT2D eigenvalue weighted by molar-refractivity contribution is 7.11. The smallest absolute Gasteiger partial charge is 0.344 e. The van der Waals surface area contributed by atoms with Crippen LogP contribution >= 0.6 is 11.5 Å². The molecule has 0 radical (unpaired) electrons. The number of urea groups is 1. The van der Waals surface area contributed by atoms with Crippen molar-refractivity contribution in [1.29, 1.82) is 0 Å². The van der Waals surface area contributed by atoms with Crippen molar-refractivity contribution in [2.75, 3.05) is 11.9 Å². The van der Waals surface area contributed by atoms with Gasteiger partial charge in [-0.1, -0.05) is 32.9 Å². The number of ether oxygens (including phenoxy) is 1. The quantitative estimate of drug-likeness (QED) is 0.685. The van der Waals surface area contributed by atoms with Crippen molar-refractivity contribution in [2.45, 2.75) is 34.3 Å². The average Bonchev–Trinajstić information content (AvgIpc) is 2.94. The number of halogens is 1. The molecule has 2 aromatic rings. The number of nitrogens with zero attached hydrogens (tertiary/aromatic N) is 1. The molecule has 7 nitrogen and oxygen atoms in total. The Morgan fingerprint density at radius 2 is 2.04 bits per heavy atom. The molecule has 27 heavy (non-hydrogen) atoms. The largest absolute Gasteiger partial charge is 0.477 e. The van der Waals surface area contributed by atoms with Crippen LogP contribution in [-0.2, 0) is 6.61 Å². The Labute approximate surface area is 160 Å². The van der Waals surface area contributed by atoms with Gasteiger partial charge in [0.25, 0.3) is 0 Å². The molecular weight excluding hydrogens is 373 g/mol. The molecule has 0 atom stereocenters. The van der Waals surface area contributed by atoms with Crippen molar-refractivity contribution >= 4 is 28.5 Å². The number of anilines is 1. The first-order valence-electron chi connectivity index (χ1n) is 8.22. The van der Waals surface area contributed by atoms with Crippen molar-refractivity contribution < 1.29 is 23.8 Å². The van der Waals surface area contributed by atoms with E-state index in [4.69, 9.17) is 4.74 Å². The van der Waals surface area contributed by atoms with Gasteiger partial charge in [-0.15, -0.1) is 0 Å². The van der Waals surface area contributed by atoms with Crippen LogP contribution in [0.3, 0.4) is 0 Å². The van der Waals surface area contributed by atoms with Gasteiger partial charge in [-0.3, -0.25) is 5.32 Å². The fourth-order valence-corrected chi connectivity index (χ4v) is 2.78. The summed E-state index contributed by atoms with van der Waals surface area (Å²) in [5.41, 5.74) is 0.664. The SMILES string of the molecule is Cc1ccc(COc2nsc(NC(=O)NCC(C)(C)C)c2C(=O)O)c(F)c1. The van der Waals surface area contributed by atoms with Crippen LogP contribution in [-0.4, -0.2) is 28.0 Å². The molecule has 9 heteroatoms.